The van der Waals surface area contributed by atoms with Gasteiger partial charge in [0.15, 0.2) is 0 Å². The van der Waals surface area contributed by atoms with Crippen LogP contribution in [0.25, 0.3) is 0 Å². The van der Waals surface area contributed by atoms with E-state index in [0.717, 1.165) is 0 Å². The van der Waals surface area contributed by atoms with Gasteiger partial charge in [-0.05, 0) is 25.2 Å². The molecule has 22 heavy (non-hydrogen) atoms. The van der Waals surface area contributed by atoms with E-state index >= 15 is 0 Å². The average molecular weight is 312 g/mol. The van der Waals surface area contributed by atoms with Gasteiger partial charge in [-0.15, -0.1) is 0 Å². The molecule has 7 heteroatoms. The molecule has 0 spiro atoms. The lowest BCUT2D eigenvalue weighted by atomic mass is 10.0. The number of carbonyl (C=O) groups is 3. The predicted octanol–water partition coefficient (Wildman–Crippen LogP) is 1.39. The Morgan fingerprint density at radius 2 is 2.14 bits per heavy atom. The lowest BCUT2D eigenvalue weighted by Gasteiger charge is -2.25. The maximum Gasteiger partial charge on any atom is 0.410 e. The second kappa shape index (κ2) is 8.41. The van der Waals surface area contributed by atoms with Gasteiger partial charge in [0.25, 0.3) is 0 Å². The summed E-state index contributed by atoms with van der Waals surface area (Å²) in [6.45, 7) is 7.74. The topological polar surface area (TPSA) is 95.9 Å². The smallest absolute Gasteiger partial charge is 0.410 e. The molecule has 2 amide bonds. The van der Waals surface area contributed by atoms with Crippen LogP contribution in [0.15, 0.2) is 12.7 Å². The van der Waals surface area contributed by atoms with Gasteiger partial charge in [0.05, 0.1) is 0 Å². The van der Waals surface area contributed by atoms with Crippen molar-refractivity contribution in [2.75, 3.05) is 13.2 Å². The standard InChI is InChI=1S/C15H24N2O5/c1-4-8-22-15(21)17-7-5-6-12(17)13(18)16-11(14(19)20)9-10(2)3/h4,10-12H,1,5-9H2,2-3H3,(H,16,18)(H,19,20)/t11-,12-/m0/s1. The van der Waals surface area contributed by atoms with E-state index in [0.29, 0.717) is 25.8 Å². The van der Waals surface area contributed by atoms with Crippen LogP contribution < -0.4 is 5.32 Å². The van der Waals surface area contributed by atoms with Crippen molar-refractivity contribution < 1.29 is 24.2 Å². The molecule has 1 aliphatic rings. The van der Waals surface area contributed by atoms with Crippen LogP contribution in [-0.2, 0) is 14.3 Å². The number of hydrogen-bond acceptors (Lipinski definition) is 4. The molecule has 0 aromatic heterocycles. The van der Waals surface area contributed by atoms with Crippen LogP contribution in [0.2, 0.25) is 0 Å². The van der Waals surface area contributed by atoms with E-state index in [2.05, 4.69) is 11.9 Å². The van der Waals surface area contributed by atoms with Crippen LogP contribution in [0.5, 0.6) is 0 Å². The summed E-state index contributed by atoms with van der Waals surface area (Å²) in [7, 11) is 0. The number of carboxylic acid groups (broad SMARTS) is 1. The van der Waals surface area contributed by atoms with Crippen molar-refractivity contribution in [3.05, 3.63) is 12.7 Å². The largest absolute Gasteiger partial charge is 0.480 e. The molecule has 0 aliphatic carbocycles. The molecular formula is C15H24N2O5. The van der Waals surface area contributed by atoms with E-state index in [9.17, 15) is 19.5 Å². The molecule has 0 radical (unpaired) electrons. The zero-order valence-corrected chi connectivity index (χ0v) is 13.1. The van der Waals surface area contributed by atoms with Crippen molar-refractivity contribution in [3.63, 3.8) is 0 Å². The minimum atomic E-state index is -1.07. The van der Waals surface area contributed by atoms with Gasteiger partial charge in [0, 0.05) is 6.54 Å². The summed E-state index contributed by atoms with van der Waals surface area (Å²) in [5.41, 5.74) is 0. The number of carbonyl (C=O) groups excluding carboxylic acids is 2. The van der Waals surface area contributed by atoms with E-state index in [1.807, 2.05) is 13.8 Å². The lowest BCUT2D eigenvalue weighted by molar-refractivity contribution is -0.142. The fourth-order valence-corrected chi connectivity index (χ4v) is 2.43. The van der Waals surface area contributed by atoms with Crippen LogP contribution in [0.1, 0.15) is 33.1 Å². The number of nitrogens with zero attached hydrogens (tertiary/aromatic N) is 1. The summed E-state index contributed by atoms with van der Waals surface area (Å²) in [4.78, 5) is 36.7. The molecule has 1 rings (SSSR count). The van der Waals surface area contributed by atoms with Crippen molar-refractivity contribution in [1.29, 1.82) is 0 Å². The molecule has 1 aliphatic heterocycles. The first kappa shape index (κ1) is 18.0. The molecule has 0 aromatic rings. The maximum absolute atomic E-state index is 12.3. The summed E-state index contributed by atoms with van der Waals surface area (Å²) in [5.74, 6) is -1.37. The molecule has 1 saturated heterocycles. The molecule has 2 atom stereocenters. The lowest BCUT2D eigenvalue weighted by Crippen LogP contribution is -2.51. The molecule has 0 unspecified atom stereocenters. The summed E-state index contributed by atoms with van der Waals surface area (Å²) >= 11 is 0. The third-order valence-corrected chi connectivity index (χ3v) is 3.44. The van der Waals surface area contributed by atoms with Gasteiger partial charge in [-0.25, -0.2) is 9.59 Å². The Balaban J connectivity index is 2.67. The van der Waals surface area contributed by atoms with Crippen LogP contribution in [0.4, 0.5) is 4.79 Å². The van der Waals surface area contributed by atoms with Gasteiger partial charge in [-0.3, -0.25) is 9.69 Å². The molecule has 1 fully saturated rings. The summed E-state index contributed by atoms with van der Waals surface area (Å²) in [6.07, 6.45) is 2.40. The highest BCUT2D eigenvalue weighted by molar-refractivity contribution is 5.89. The van der Waals surface area contributed by atoms with Gasteiger partial charge in [-0.1, -0.05) is 26.5 Å². The fraction of sp³-hybridized carbons (Fsp3) is 0.667. The van der Waals surface area contributed by atoms with Gasteiger partial charge in [0.1, 0.15) is 18.7 Å². The van der Waals surface area contributed by atoms with Crippen molar-refractivity contribution in [1.82, 2.24) is 10.2 Å². The molecule has 7 nitrogen and oxygen atoms in total. The number of amides is 2. The molecule has 0 bridgehead atoms. The number of likely N-dealkylation sites (tertiary alicyclic amines) is 1. The predicted molar refractivity (Wildman–Crippen MR) is 80.3 cm³/mol. The highest BCUT2D eigenvalue weighted by atomic mass is 16.6. The quantitative estimate of drug-likeness (QED) is 0.693. The van der Waals surface area contributed by atoms with Crippen molar-refractivity contribution >= 4 is 18.0 Å². The van der Waals surface area contributed by atoms with E-state index in [4.69, 9.17) is 4.74 Å². The normalized spacial score (nSPS) is 18.9. The van der Waals surface area contributed by atoms with E-state index in [-0.39, 0.29) is 12.5 Å². The first-order chi connectivity index (χ1) is 10.4. The number of hydrogen-bond donors (Lipinski definition) is 2. The first-order valence-corrected chi connectivity index (χ1v) is 7.44. The molecule has 124 valence electrons. The van der Waals surface area contributed by atoms with Gasteiger partial charge >= 0.3 is 12.1 Å². The van der Waals surface area contributed by atoms with Crippen LogP contribution in [-0.4, -0.2) is 53.2 Å². The second-order valence-corrected chi connectivity index (χ2v) is 5.75. The van der Waals surface area contributed by atoms with Crippen LogP contribution >= 0.6 is 0 Å². The summed E-state index contributed by atoms with van der Waals surface area (Å²) in [5, 5.41) is 11.7. The van der Waals surface area contributed by atoms with Crippen LogP contribution in [0.3, 0.4) is 0 Å². The van der Waals surface area contributed by atoms with Crippen molar-refractivity contribution in [2.24, 2.45) is 5.92 Å². The third kappa shape index (κ3) is 5.05. The van der Waals surface area contributed by atoms with Gasteiger partial charge < -0.3 is 15.2 Å². The Morgan fingerprint density at radius 3 is 2.68 bits per heavy atom. The Kier molecular flexibility index (Phi) is 6.88. The number of rotatable bonds is 7. The van der Waals surface area contributed by atoms with Crippen LogP contribution in [0, 0.1) is 5.92 Å². The summed E-state index contributed by atoms with van der Waals surface area (Å²) < 4.78 is 4.95. The number of ether oxygens (including phenoxy) is 1. The number of nitrogens with one attached hydrogen (secondary N) is 1. The average Bonchev–Trinajstić information content (AvgIpc) is 2.92. The SMILES string of the molecule is C=CCOC(=O)N1CCC[C@H]1C(=O)N[C@@H](CC(C)C)C(=O)O. The maximum atomic E-state index is 12.3. The summed E-state index contributed by atoms with van der Waals surface area (Å²) in [6, 6.07) is -1.62. The van der Waals surface area contributed by atoms with Gasteiger partial charge in [0.2, 0.25) is 5.91 Å². The molecule has 0 aromatic carbocycles. The van der Waals surface area contributed by atoms with Gasteiger partial charge in [-0.2, -0.15) is 0 Å². The first-order valence-electron chi connectivity index (χ1n) is 7.44. The molecule has 2 N–H and O–H groups in total. The van der Waals surface area contributed by atoms with Crippen molar-refractivity contribution in [2.45, 2.75) is 45.2 Å². The highest BCUT2D eigenvalue weighted by Crippen LogP contribution is 2.19. The highest BCUT2D eigenvalue weighted by Gasteiger charge is 2.36. The van der Waals surface area contributed by atoms with E-state index < -0.39 is 30.1 Å². The second-order valence-electron chi connectivity index (χ2n) is 5.75. The monoisotopic (exact) mass is 312 g/mol. The van der Waals surface area contributed by atoms with Crippen molar-refractivity contribution in [3.8, 4) is 0 Å². The molecule has 0 saturated carbocycles. The fourth-order valence-electron chi connectivity index (χ4n) is 2.43. The zero-order chi connectivity index (χ0) is 16.7. The zero-order valence-electron chi connectivity index (χ0n) is 13.1. The number of carboxylic acids is 1. The minimum absolute atomic E-state index is 0.0781. The molecule has 1 heterocycles. The van der Waals surface area contributed by atoms with E-state index in [1.165, 1.54) is 11.0 Å². The third-order valence-electron chi connectivity index (χ3n) is 3.44. The Morgan fingerprint density at radius 1 is 1.45 bits per heavy atom. The van der Waals surface area contributed by atoms with E-state index in [1.54, 1.807) is 0 Å². The Labute approximate surface area is 130 Å². The number of aliphatic carboxylic acids is 1. The minimum Gasteiger partial charge on any atom is -0.480 e. The Bertz CT molecular complexity index is 436. The molecular weight excluding hydrogens is 288 g/mol. The Hall–Kier alpha value is -2.05.